The van der Waals surface area contributed by atoms with Crippen molar-refractivity contribution < 1.29 is 23.6 Å². The minimum Gasteiger partial charge on any atom is -0.349 e. The SMILES string of the molecule is O=C(NC1CCN(C(=O)CN2C(=O)c3ccccc3C2=O)CC1)c1cccc(F)c1. The first-order valence-electron chi connectivity index (χ1n) is 9.73. The normalized spacial score (nSPS) is 16.6. The molecular weight excluding hydrogens is 389 g/mol. The fraction of sp³-hybridized carbons (Fsp3) is 0.273. The average molecular weight is 409 g/mol. The van der Waals surface area contributed by atoms with Gasteiger partial charge in [0.15, 0.2) is 0 Å². The molecule has 4 rings (SSSR count). The van der Waals surface area contributed by atoms with Gasteiger partial charge in [0.05, 0.1) is 11.1 Å². The van der Waals surface area contributed by atoms with E-state index in [1.54, 1.807) is 35.2 Å². The van der Waals surface area contributed by atoms with Crippen LogP contribution in [0.5, 0.6) is 0 Å². The number of amides is 4. The van der Waals surface area contributed by atoms with E-state index >= 15 is 0 Å². The Morgan fingerprint density at radius 1 is 0.967 bits per heavy atom. The predicted molar refractivity (Wildman–Crippen MR) is 105 cm³/mol. The average Bonchev–Trinajstić information content (AvgIpc) is 2.99. The Hall–Kier alpha value is -3.55. The number of imide groups is 1. The zero-order valence-electron chi connectivity index (χ0n) is 16.1. The quantitative estimate of drug-likeness (QED) is 0.781. The third-order valence-electron chi connectivity index (χ3n) is 5.44. The molecular formula is C22H20FN3O4. The summed E-state index contributed by atoms with van der Waals surface area (Å²) in [6.45, 7) is 0.499. The Morgan fingerprint density at radius 2 is 1.60 bits per heavy atom. The Kier molecular flexibility index (Phi) is 5.31. The number of benzene rings is 2. The highest BCUT2D eigenvalue weighted by Gasteiger charge is 2.37. The number of fused-ring (bicyclic) bond motifs is 1. The summed E-state index contributed by atoms with van der Waals surface area (Å²) in [5.74, 6) is -2.05. The summed E-state index contributed by atoms with van der Waals surface area (Å²) in [6, 6.07) is 11.8. The van der Waals surface area contributed by atoms with E-state index in [0.717, 1.165) is 4.90 Å². The number of nitrogens with one attached hydrogen (secondary N) is 1. The maximum absolute atomic E-state index is 13.3. The van der Waals surface area contributed by atoms with Crippen LogP contribution in [0.4, 0.5) is 4.39 Å². The zero-order valence-corrected chi connectivity index (χ0v) is 16.1. The van der Waals surface area contributed by atoms with Crippen LogP contribution in [-0.2, 0) is 4.79 Å². The number of halogens is 1. The molecule has 1 saturated heterocycles. The molecule has 154 valence electrons. The number of piperidine rings is 1. The van der Waals surface area contributed by atoms with Crippen molar-refractivity contribution in [3.8, 4) is 0 Å². The standard InChI is InChI=1S/C22H20FN3O4/c23-15-5-3-4-14(12-15)20(28)24-16-8-10-25(11-9-16)19(27)13-26-21(29)17-6-1-2-7-18(17)22(26)30/h1-7,12,16H,8-11,13H2,(H,24,28). The van der Waals surface area contributed by atoms with Gasteiger partial charge < -0.3 is 10.2 Å². The number of rotatable bonds is 4. The second-order valence-corrected chi connectivity index (χ2v) is 7.38. The number of nitrogens with zero attached hydrogens (tertiary/aromatic N) is 2. The molecule has 2 aliphatic rings. The van der Waals surface area contributed by atoms with Crippen LogP contribution in [0.1, 0.15) is 43.9 Å². The Morgan fingerprint density at radius 3 is 2.20 bits per heavy atom. The molecule has 0 spiro atoms. The minimum absolute atomic E-state index is 0.135. The highest BCUT2D eigenvalue weighted by Crippen LogP contribution is 2.22. The number of hydrogen-bond acceptors (Lipinski definition) is 4. The van der Waals surface area contributed by atoms with Crippen molar-refractivity contribution in [1.82, 2.24) is 15.1 Å². The van der Waals surface area contributed by atoms with Crippen LogP contribution in [-0.4, -0.2) is 59.1 Å². The van der Waals surface area contributed by atoms with Crippen LogP contribution >= 0.6 is 0 Å². The van der Waals surface area contributed by atoms with Crippen LogP contribution < -0.4 is 5.32 Å². The van der Waals surface area contributed by atoms with Gasteiger partial charge >= 0.3 is 0 Å². The largest absolute Gasteiger partial charge is 0.349 e. The molecule has 2 aliphatic heterocycles. The second kappa shape index (κ2) is 8.06. The van der Waals surface area contributed by atoms with E-state index in [1.807, 2.05) is 0 Å². The zero-order chi connectivity index (χ0) is 21.3. The number of carbonyl (C=O) groups is 4. The summed E-state index contributed by atoms with van der Waals surface area (Å²) in [7, 11) is 0. The van der Waals surface area contributed by atoms with Gasteiger partial charge in [0, 0.05) is 24.7 Å². The van der Waals surface area contributed by atoms with Crippen LogP contribution in [0, 0.1) is 5.82 Å². The molecule has 0 saturated carbocycles. The molecule has 0 radical (unpaired) electrons. The Labute approximate surface area is 172 Å². The van der Waals surface area contributed by atoms with Crippen molar-refractivity contribution in [2.75, 3.05) is 19.6 Å². The third-order valence-corrected chi connectivity index (χ3v) is 5.44. The maximum Gasteiger partial charge on any atom is 0.262 e. The van der Waals surface area contributed by atoms with Gasteiger partial charge in [-0.15, -0.1) is 0 Å². The van der Waals surface area contributed by atoms with E-state index in [0.29, 0.717) is 37.1 Å². The molecule has 0 atom stereocenters. The van der Waals surface area contributed by atoms with E-state index in [9.17, 15) is 23.6 Å². The predicted octanol–water partition coefficient (Wildman–Crippen LogP) is 1.84. The molecule has 0 unspecified atom stereocenters. The second-order valence-electron chi connectivity index (χ2n) is 7.38. The highest BCUT2D eigenvalue weighted by molar-refractivity contribution is 6.22. The lowest BCUT2D eigenvalue weighted by Crippen LogP contribution is -2.49. The van der Waals surface area contributed by atoms with Crippen LogP contribution in [0.25, 0.3) is 0 Å². The van der Waals surface area contributed by atoms with Gasteiger partial charge in [-0.3, -0.25) is 24.1 Å². The van der Waals surface area contributed by atoms with E-state index < -0.39 is 17.6 Å². The molecule has 0 aliphatic carbocycles. The molecule has 4 amide bonds. The Bertz CT molecular complexity index is 996. The fourth-order valence-corrected chi connectivity index (χ4v) is 3.79. The lowest BCUT2D eigenvalue weighted by Gasteiger charge is -2.33. The van der Waals surface area contributed by atoms with Crippen LogP contribution in [0.2, 0.25) is 0 Å². The van der Waals surface area contributed by atoms with E-state index in [1.165, 1.54) is 18.2 Å². The van der Waals surface area contributed by atoms with E-state index in [2.05, 4.69) is 5.32 Å². The fourth-order valence-electron chi connectivity index (χ4n) is 3.79. The summed E-state index contributed by atoms with van der Waals surface area (Å²) < 4.78 is 13.3. The van der Waals surface area contributed by atoms with Gasteiger partial charge in [0.1, 0.15) is 12.4 Å². The van der Waals surface area contributed by atoms with Crippen molar-refractivity contribution in [3.63, 3.8) is 0 Å². The van der Waals surface area contributed by atoms with Crippen LogP contribution in [0.15, 0.2) is 48.5 Å². The van der Waals surface area contributed by atoms with Crippen molar-refractivity contribution in [2.45, 2.75) is 18.9 Å². The lowest BCUT2D eigenvalue weighted by atomic mass is 10.0. The summed E-state index contributed by atoms with van der Waals surface area (Å²) >= 11 is 0. The molecule has 30 heavy (non-hydrogen) atoms. The summed E-state index contributed by atoms with van der Waals surface area (Å²) in [5.41, 5.74) is 0.877. The number of likely N-dealkylation sites (tertiary alicyclic amines) is 1. The first-order chi connectivity index (χ1) is 14.4. The van der Waals surface area contributed by atoms with Gasteiger partial charge in [-0.05, 0) is 43.2 Å². The smallest absolute Gasteiger partial charge is 0.262 e. The number of hydrogen-bond donors (Lipinski definition) is 1. The summed E-state index contributed by atoms with van der Waals surface area (Å²) in [5, 5.41) is 2.86. The van der Waals surface area contributed by atoms with Gasteiger partial charge in [0.2, 0.25) is 5.91 Å². The molecule has 1 N–H and O–H groups in total. The van der Waals surface area contributed by atoms with E-state index in [-0.39, 0.29) is 30.0 Å². The van der Waals surface area contributed by atoms with Crippen molar-refractivity contribution >= 4 is 23.6 Å². The molecule has 7 nitrogen and oxygen atoms in total. The monoisotopic (exact) mass is 409 g/mol. The minimum atomic E-state index is -0.476. The summed E-state index contributed by atoms with van der Waals surface area (Å²) in [4.78, 5) is 52.3. The van der Waals surface area contributed by atoms with Crippen molar-refractivity contribution in [1.29, 1.82) is 0 Å². The molecule has 2 aromatic carbocycles. The van der Waals surface area contributed by atoms with Crippen LogP contribution in [0.3, 0.4) is 0 Å². The third kappa shape index (κ3) is 3.80. The molecule has 2 aromatic rings. The molecule has 1 fully saturated rings. The maximum atomic E-state index is 13.3. The van der Waals surface area contributed by atoms with E-state index in [4.69, 9.17) is 0 Å². The Balaban J connectivity index is 1.30. The first kappa shape index (κ1) is 19.8. The summed E-state index contributed by atoms with van der Waals surface area (Å²) in [6.07, 6.45) is 1.07. The molecule has 2 heterocycles. The molecule has 0 bridgehead atoms. The van der Waals surface area contributed by atoms with Gasteiger partial charge in [0.25, 0.3) is 17.7 Å². The van der Waals surface area contributed by atoms with Gasteiger partial charge in [-0.25, -0.2) is 4.39 Å². The van der Waals surface area contributed by atoms with Gasteiger partial charge in [-0.2, -0.15) is 0 Å². The number of carbonyl (C=O) groups excluding carboxylic acids is 4. The first-order valence-corrected chi connectivity index (χ1v) is 9.73. The molecule has 8 heteroatoms. The van der Waals surface area contributed by atoms with Gasteiger partial charge in [-0.1, -0.05) is 18.2 Å². The highest BCUT2D eigenvalue weighted by atomic mass is 19.1. The lowest BCUT2D eigenvalue weighted by molar-refractivity contribution is -0.132. The van der Waals surface area contributed by atoms with Crippen molar-refractivity contribution in [3.05, 3.63) is 71.0 Å². The molecule has 0 aromatic heterocycles. The van der Waals surface area contributed by atoms with Crippen molar-refractivity contribution in [2.24, 2.45) is 0 Å². The topological polar surface area (TPSA) is 86.8 Å².